The van der Waals surface area contributed by atoms with Crippen LogP contribution in [0.15, 0.2) is 36.4 Å². The van der Waals surface area contributed by atoms with E-state index < -0.39 is 24.0 Å². The highest BCUT2D eigenvalue weighted by atomic mass is 19.1. The van der Waals surface area contributed by atoms with Crippen LogP contribution >= 0.6 is 0 Å². The van der Waals surface area contributed by atoms with Crippen molar-refractivity contribution in [3.8, 4) is 23.6 Å². The first-order valence-corrected chi connectivity index (χ1v) is 8.37. The summed E-state index contributed by atoms with van der Waals surface area (Å²) >= 11 is 0. The van der Waals surface area contributed by atoms with E-state index in [1.54, 1.807) is 29.3 Å². The van der Waals surface area contributed by atoms with Crippen molar-refractivity contribution in [1.29, 1.82) is 0 Å². The highest BCUT2D eigenvalue weighted by Gasteiger charge is 2.53. The average molecular weight is 353 g/mol. The molecule has 1 saturated heterocycles. The molecule has 1 fully saturated rings. The highest BCUT2D eigenvalue weighted by Crippen LogP contribution is 2.39. The molecule has 0 aromatic carbocycles. The van der Waals surface area contributed by atoms with Gasteiger partial charge in [-0.1, -0.05) is 5.92 Å². The number of terminal acetylenes is 1. The van der Waals surface area contributed by atoms with Crippen molar-refractivity contribution in [2.75, 3.05) is 0 Å². The van der Waals surface area contributed by atoms with Crippen LogP contribution in [-0.2, 0) is 15.9 Å². The molecule has 0 spiro atoms. The second-order valence-corrected chi connectivity index (χ2v) is 7.19. The first kappa shape index (κ1) is 18.4. The van der Waals surface area contributed by atoms with Gasteiger partial charge in [-0.3, -0.25) is 9.67 Å². The van der Waals surface area contributed by atoms with Gasteiger partial charge in [0.15, 0.2) is 0 Å². The standard InChI is InChI=1S/C19H21BFN3O2/c1-6-10-24-13-15(17(23-24)14-8-7-9-22-12-14)11-16(21)20-25-18(2,3)19(4,5)26-20/h1,7-9,11-13H,10H2,2-5H3. The summed E-state index contributed by atoms with van der Waals surface area (Å²) in [6.07, 6.45) is 11.8. The summed E-state index contributed by atoms with van der Waals surface area (Å²) in [6.45, 7) is 7.82. The van der Waals surface area contributed by atoms with Crippen LogP contribution in [0.25, 0.3) is 17.3 Å². The van der Waals surface area contributed by atoms with Crippen LogP contribution in [-0.4, -0.2) is 33.1 Å². The fourth-order valence-electron chi connectivity index (χ4n) is 2.62. The van der Waals surface area contributed by atoms with E-state index in [-0.39, 0.29) is 0 Å². The first-order valence-electron chi connectivity index (χ1n) is 8.37. The van der Waals surface area contributed by atoms with Gasteiger partial charge in [-0.05, 0) is 45.9 Å². The molecule has 0 aliphatic carbocycles. The average Bonchev–Trinajstić information content (AvgIpc) is 3.06. The smallest absolute Gasteiger partial charge is 0.398 e. The van der Waals surface area contributed by atoms with Gasteiger partial charge in [0.1, 0.15) is 18.0 Å². The quantitative estimate of drug-likeness (QED) is 0.623. The zero-order valence-corrected chi connectivity index (χ0v) is 15.4. The molecule has 1 aliphatic heterocycles. The Balaban J connectivity index is 1.96. The van der Waals surface area contributed by atoms with Crippen molar-refractivity contribution >= 4 is 13.2 Å². The third kappa shape index (κ3) is 3.43. The number of hydrogen-bond acceptors (Lipinski definition) is 4. The third-order valence-corrected chi connectivity index (χ3v) is 4.75. The molecule has 0 amide bonds. The largest absolute Gasteiger partial charge is 0.525 e. The van der Waals surface area contributed by atoms with Crippen molar-refractivity contribution in [3.05, 3.63) is 42.0 Å². The molecular weight excluding hydrogens is 332 g/mol. The van der Waals surface area contributed by atoms with E-state index >= 15 is 0 Å². The zero-order valence-electron chi connectivity index (χ0n) is 15.4. The van der Waals surface area contributed by atoms with Gasteiger partial charge in [0.25, 0.3) is 0 Å². The van der Waals surface area contributed by atoms with Crippen molar-refractivity contribution < 1.29 is 13.7 Å². The maximum absolute atomic E-state index is 14.9. The molecule has 2 aromatic rings. The van der Waals surface area contributed by atoms with E-state index in [1.807, 2.05) is 33.8 Å². The lowest BCUT2D eigenvalue weighted by molar-refractivity contribution is 0.00578. The van der Waals surface area contributed by atoms with Crippen molar-refractivity contribution in [3.63, 3.8) is 0 Å². The van der Waals surface area contributed by atoms with Crippen LogP contribution in [0.1, 0.15) is 33.3 Å². The Bertz CT molecular complexity index is 853. The van der Waals surface area contributed by atoms with Crippen molar-refractivity contribution in [1.82, 2.24) is 14.8 Å². The second kappa shape index (κ2) is 6.71. The molecule has 0 radical (unpaired) electrons. The Kier molecular flexibility index (Phi) is 4.74. The van der Waals surface area contributed by atoms with Crippen molar-refractivity contribution in [2.45, 2.75) is 45.4 Å². The van der Waals surface area contributed by atoms with Gasteiger partial charge in [-0.25, -0.2) is 4.39 Å². The predicted octanol–water partition coefficient (Wildman–Crippen LogP) is 3.52. The minimum Gasteiger partial charge on any atom is -0.398 e. The van der Waals surface area contributed by atoms with E-state index in [2.05, 4.69) is 16.0 Å². The number of hydrogen-bond donors (Lipinski definition) is 0. The van der Waals surface area contributed by atoms with Gasteiger partial charge in [0, 0.05) is 29.7 Å². The molecule has 7 heteroatoms. The topological polar surface area (TPSA) is 49.2 Å². The van der Waals surface area contributed by atoms with E-state index in [9.17, 15) is 4.39 Å². The Morgan fingerprint density at radius 1 is 1.35 bits per heavy atom. The molecular formula is C19H21BFN3O2. The maximum atomic E-state index is 14.9. The summed E-state index contributed by atoms with van der Waals surface area (Å²) in [5.74, 6) is 2.53. The summed E-state index contributed by atoms with van der Waals surface area (Å²) in [5.41, 5.74) is 0.219. The number of rotatable bonds is 4. The Hall–Kier alpha value is -2.43. The van der Waals surface area contributed by atoms with Crippen LogP contribution in [0.2, 0.25) is 0 Å². The second-order valence-electron chi connectivity index (χ2n) is 7.19. The van der Waals surface area contributed by atoms with Crippen LogP contribution in [0.5, 0.6) is 0 Å². The van der Waals surface area contributed by atoms with E-state index in [1.165, 1.54) is 6.08 Å². The Morgan fingerprint density at radius 3 is 2.62 bits per heavy atom. The molecule has 3 rings (SSSR count). The van der Waals surface area contributed by atoms with Gasteiger partial charge in [0.05, 0.1) is 11.2 Å². The van der Waals surface area contributed by atoms with Crippen LogP contribution in [0.4, 0.5) is 4.39 Å². The summed E-state index contributed by atoms with van der Waals surface area (Å²) in [4.78, 5) is 4.10. The van der Waals surface area contributed by atoms with Gasteiger partial charge in [0.2, 0.25) is 0 Å². The number of pyridine rings is 1. The lowest BCUT2D eigenvalue weighted by Crippen LogP contribution is -2.41. The molecule has 134 valence electrons. The van der Waals surface area contributed by atoms with Gasteiger partial charge in [-0.15, -0.1) is 6.42 Å². The van der Waals surface area contributed by atoms with Crippen LogP contribution in [0, 0.1) is 12.3 Å². The minimum absolute atomic E-state index is 0.291. The number of aromatic nitrogens is 3. The molecule has 1 aliphatic rings. The van der Waals surface area contributed by atoms with E-state index in [4.69, 9.17) is 15.7 Å². The molecule has 2 aromatic heterocycles. The van der Waals surface area contributed by atoms with E-state index in [0.717, 1.165) is 5.56 Å². The molecule has 0 N–H and O–H groups in total. The first-order chi connectivity index (χ1) is 12.2. The molecule has 0 unspecified atom stereocenters. The number of nitrogens with zero attached hydrogens (tertiary/aromatic N) is 3. The third-order valence-electron chi connectivity index (χ3n) is 4.75. The summed E-state index contributed by atoms with van der Waals surface area (Å²) in [6, 6.07) is 3.66. The summed E-state index contributed by atoms with van der Waals surface area (Å²) in [5, 5.41) is 4.45. The summed E-state index contributed by atoms with van der Waals surface area (Å²) < 4.78 is 28.0. The molecule has 0 saturated carbocycles. The minimum atomic E-state index is -1.06. The fourth-order valence-corrected chi connectivity index (χ4v) is 2.62. The van der Waals surface area contributed by atoms with E-state index in [0.29, 0.717) is 17.8 Å². The highest BCUT2D eigenvalue weighted by molar-refractivity contribution is 6.54. The van der Waals surface area contributed by atoms with Gasteiger partial charge >= 0.3 is 7.12 Å². The van der Waals surface area contributed by atoms with Crippen LogP contribution < -0.4 is 0 Å². The zero-order chi connectivity index (χ0) is 18.9. The Labute approximate surface area is 153 Å². The SMILES string of the molecule is C#CCn1cc(C=C(F)B2OC(C)(C)C(C)(C)O2)c(-c2cccnc2)n1. The molecule has 5 nitrogen and oxygen atoms in total. The molecule has 0 bridgehead atoms. The number of halogens is 1. The van der Waals surface area contributed by atoms with Crippen molar-refractivity contribution in [2.24, 2.45) is 0 Å². The molecule has 0 atom stereocenters. The van der Waals surface area contributed by atoms with Gasteiger partial charge in [-0.2, -0.15) is 5.10 Å². The van der Waals surface area contributed by atoms with Gasteiger partial charge < -0.3 is 9.31 Å². The maximum Gasteiger partial charge on any atom is 0.525 e. The Morgan fingerprint density at radius 2 is 2.04 bits per heavy atom. The molecule has 3 heterocycles. The van der Waals surface area contributed by atoms with Crippen LogP contribution in [0.3, 0.4) is 0 Å². The lowest BCUT2D eigenvalue weighted by Gasteiger charge is -2.32. The predicted molar refractivity (Wildman–Crippen MR) is 99.5 cm³/mol. The monoisotopic (exact) mass is 353 g/mol. The normalized spacial score (nSPS) is 18.8. The summed E-state index contributed by atoms with van der Waals surface area (Å²) in [7, 11) is -1.06. The lowest BCUT2D eigenvalue weighted by atomic mass is 9.86. The molecule has 26 heavy (non-hydrogen) atoms. The fraction of sp³-hybridized carbons (Fsp3) is 0.368.